The number of hydrogen-bond acceptors (Lipinski definition) is 6. The number of aromatic amines is 1. The molecule has 2 N–H and O–H groups in total. The van der Waals surface area contributed by atoms with E-state index in [2.05, 4.69) is 24.8 Å². The molecule has 2 aromatic heterocycles. The van der Waals surface area contributed by atoms with E-state index in [0.29, 0.717) is 18.5 Å². The number of piperidine rings is 1. The van der Waals surface area contributed by atoms with Crippen molar-refractivity contribution in [3.05, 3.63) is 48.2 Å². The highest BCUT2D eigenvalue weighted by Gasteiger charge is 2.36. The summed E-state index contributed by atoms with van der Waals surface area (Å²) in [5.41, 5.74) is 2.11. The van der Waals surface area contributed by atoms with Crippen LogP contribution in [0.1, 0.15) is 28.9 Å². The number of β-amino-alcohol motifs (C(OH)–C–C–N with tert-alkyl or cyclic N) is 1. The van der Waals surface area contributed by atoms with Crippen LogP contribution in [0.4, 0.5) is 5.82 Å². The van der Waals surface area contributed by atoms with E-state index < -0.39 is 5.60 Å². The fraction of sp³-hybridized carbons (Fsp3) is 0.400. The van der Waals surface area contributed by atoms with Crippen LogP contribution in [0, 0.1) is 6.92 Å². The van der Waals surface area contributed by atoms with Gasteiger partial charge in [0.15, 0.2) is 0 Å². The fourth-order valence-electron chi connectivity index (χ4n) is 3.85. The number of fused-ring (bicyclic) bond motifs is 1. The molecule has 0 spiro atoms. The highest BCUT2D eigenvalue weighted by molar-refractivity contribution is 5.97. The molecule has 146 valence electrons. The summed E-state index contributed by atoms with van der Waals surface area (Å²) in [4.78, 5) is 32.2. The first-order valence-corrected chi connectivity index (χ1v) is 9.38. The fourth-order valence-corrected chi connectivity index (χ4v) is 3.85. The number of anilines is 1. The summed E-state index contributed by atoms with van der Waals surface area (Å²) in [5, 5.41) is 11.2. The average molecular weight is 380 g/mol. The Morgan fingerprint density at radius 3 is 3.00 bits per heavy atom. The van der Waals surface area contributed by atoms with Crippen LogP contribution in [0.25, 0.3) is 11.0 Å². The predicted octanol–water partition coefficient (Wildman–Crippen LogP) is 1.76. The monoisotopic (exact) mass is 380 g/mol. The van der Waals surface area contributed by atoms with E-state index in [4.69, 9.17) is 0 Å². The van der Waals surface area contributed by atoms with Crippen LogP contribution in [-0.2, 0) is 0 Å². The Balaban J connectivity index is 1.47. The minimum Gasteiger partial charge on any atom is -0.386 e. The Morgan fingerprint density at radius 1 is 1.32 bits per heavy atom. The van der Waals surface area contributed by atoms with Gasteiger partial charge in [0.1, 0.15) is 12.1 Å². The molecule has 1 aliphatic heterocycles. The number of likely N-dealkylation sites (N-methyl/N-ethyl adjacent to an activating group) is 1. The lowest BCUT2D eigenvalue weighted by molar-refractivity contribution is -0.000136. The first kappa shape index (κ1) is 18.4. The van der Waals surface area contributed by atoms with Crippen LogP contribution in [0.15, 0.2) is 36.9 Å². The Bertz CT molecular complexity index is 1000. The maximum absolute atomic E-state index is 12.9. The number of aromatic nitrogens is 4. The molecule has 1 aliphatic rings. The number of rotatable bonds is 4. The normalized spacial score (nSPS) is 19.8. The average Bonchev–Trinajstić information content (AvgIpc) is 3.15. The predicted molar refractivity (Wildman–Crippen MR) is 106 cm³/mol. The van der Waals surface area contributed by atoms with E-state index in [-0.39, 0.29) is 12.5 Å². The number of carbonyl (C=O) groups excluding carboxylic acids is 1. The van der Waals surface area contributed by atoms with Gasteiger partial charge in [-0.1, -0.05) is 0 Å². The molecule has 0 saturated carbocycles. The number of H-pyrrole nitrogens is 1. The van der Waals surface area contributed by atoms with Gasteiger partial charge in [0.25, 0.3) is 5.91 Å². The summed E-state index contributed by atoms with van der Waals surface area (Å²) in [6.07, 6.45) is 4.63. The quantitative estimate of drug-likeness (QED) is 0.716. The number of hydrogen-bond donors (Lipinski definition) is 2. The third-order valence-electron chi connectivity index (χ3n) is 5.21. The molecule has 1 fully saturated rings. The van der Waals surface area contributed by atoms with Crippen molar-refractivity contribution >= 4 is 22.8 Å². The van der Waals surface area contributed by atoms with Gasteiger partial charge in [0.05, 0.1) is 29.5 Å². The smallest absolute Gasteiger partial charge is 0.253 e. The molecule has 8 heteroatoms. The second-order valence-electron chi connectivity index (χ2n) is 7.56. The van der Waals surface area contributed by atoms with Crippen molar-refractivity contribution in [2.24, 2.45) is 0 Å². The molecule has 1 saturated heterocycles. The number of benzene rings is 1. The van der Waals surface area contributed by atoms with Crippen molar-refractivity contribution in [1.82, 2.24) is 24.8 Å². The Hall–Kier alpha value is -3.00. The van der Waals surface area contributed by atoms with E-state index in [9.17, 15) is 9.90 Å². The minimum atomic E-state index is -0.987. The van der Waals surface area contributed by atoms with Gasteiger partial charge in [-0.25, -0.2) is 15.0 Å². The SMILES string of the molecule is Cc1cc(N2CCCC(O)(CN(C)C(=O)c3ccc4nc[nH]c4c3)C2)ncn1. The van der Waals surface area contributed by atoms with E-state index in [0.717, 1.165) is 35.5 Å². The van der Waals surface area contributed by atoms with Crippen molar-refractivity contribution in [2.45, 2.75) is 25.4 Å². The lowest BCUT2D eigenvalue weighted by atomic mass is 9.92. The summed E-state index contributed by atoms with van der Waals surface area (Å²) in [6, 6.07) is 7.30. The lowest BCUT2D eigenvalue weighted by Gasteiger charge is -2.41. The van der Waals surface area contributed by atoms with Crippen LogP contribution in [0.3, 0.4) is 0 Å². The molecule has 0 bridgehead atoms. The van der Waals surface area contributed by atoms with E-state index >= 15 is 0 Å². The van der Waals surface area contributed by atoms with Crippen LogP contribution in [0.2, 0.25) is 0 Å². The molecule has 1 unspecified atom stereocenters. The van der Waals surface area contributed by atoms with Gasteiger partial charge in [-0.15, -0.1) is 0 Å². The van der Waals surface area contributed by atoms with Crippen LogP contribution in [0.5, 0.6) is 0 Å². The summed E-state index contributed by atoms with van der Waals surface area (Å²) in [6.45, 7) is 3.44. The number of nitrogens with one attached hydrogen (secondary N) is 1. The zero-order valence-electron chi connectivity index (χ0n) is 16.1. The number of carbonyl (C=O) groups is 1. The number of imidazole rings is 1. The van der Waals surface area contributed by atoms with Crippen molar-refractivity contribution in [1.29, 1.82) is 0 Å². The maximum atomic E-state index is 12.9. The molecular formula is C20H24N6O2. The van der Waals surface area contributed by atoms with Crippen LogP contribution < -0.4 is 4.90 Å². The van der Waals surface area contributed by atoms with E-state index in [1.54, 1.807) is 36.7 Å². The van der Waals surface area contributed by atoms with Crippen molar-refractivity contribution < 1.29 is 9.90 Å². The Morgan fingerprint density at radius 2 is 2.18 bits per heavy atom. The maximum Gasteiger partial charge on any atom is 0.253 e. The molecule has 3 heterocycles. The molecule has 0 aliphatic carbocycles. The van der Waals surface area contributed by atoms with Crippen LogP contribution in [-0.4, -0.2) is 68.1 Å². The number of amides is 1. The van der Waals surface area contributed by atoms with Gasteiger partial charge in [0, 0.05) is 37.5 Å². The zero-order chi connectivity index (χ0) is 19.7. The minimum absolute atomic E-state index is 0.125. The standard InChI is InChI=1S/C20H24N6O2/c1-14-8-18(24-12-21-14)26-7-3-6-20(28,11-26)10-25(2)19(27)15-4-5-16-17(9-15)23-13-22-16/h4-5,8-9,12-13,28H,3,6-7,10-11H2,1-2H3,(H,22,23). The van der Waals surface area contributed by atoms with Gasteiger partial charge < -0.3 is 19.9 Å². The Kier molecular flexibility index (Phi) is 4.72. The third kappa shape index (κ3) is 3.68. The molecular weight excluding hydrogens is 356 g/mol. The molecule has 1 aromatic carbocycles. The molecule has 1 atom stereocenters. The molecule has 8 nitrogen and oxygen atoms in total. The molecule has 0 radical (unpaired) electrons. The molecule has 3 aromatic rings. The Labute approximate surface area is 163 Å². The van der Waals surface area contributed by atoms with Gasteiger partial charge in [-0.2, -0.15) is 0 Å². The largest absolute Gasteiger partial charge is 0.386 e. The van der Waals surface area contributed by atoms with E-state index in [1.807, 2.05) is 19.1 Å². The molecule has 28 heavy (non-hydrogen) atoms. The van der Waals surface area contributed by atoms with Gasteiger partial charge in [-0.3, -0.25) is 4.79 Å². The molecule has 4 rings (SSSR count). The van der Waals surface area contributed by atoms with Gasteiger partial charge >= 0.3 is 0 Å². The lowest BCUT2D eigenvalue weighted by Crippen LogP contribution is -2.54. The molecule has 1 amide bonds. The summed E-state index contributed by atoms with van der Waals surface area (Å²) < 4.78 is 0. The summed E-state index contributed by atoms with van der Waals surface area (Å²) in [5.74, 6) is 0.684. The summed E-state index contributed by atoms with van der Waals surface area (Å²) >= 11 is 0. The van der Waals surface area contributed by atoms with Gasteiger partial charge in [-0.05, 0) is 38.0 Å². The number of aliphatic hydroxyl groups is 1. The van der Waals surface area contributed by atoms with E-state index in [1.165, 1.54) is 0 Å². The number of aryl methyl sites for hydroxylation is 1. The third-order valence-corrected chi connectivity index (χ3v) is 5.21. The first-order chi connectivity index (χ1) is 13.4. The van der Waals surface area contributed by atoms with Crippen LogP contribution >= 0.6 is 0 Å². The zero-order valence-corrected chi connectivity index (χ0v) is 16.1. The first-order valence-electron chi connectivity index (χ1n) is 9.38. The highest BCUT2D eigenvalue weighted by Crippen LogP contribution is 2.26. The summed E-state index contributed by atoms with van der Waals surface area (Å²) in [7, 11) is 1.73. The topological polar surface area (TPSA) is 98.2 Å². The highest BCUT2D eigenvalue weighted by atomic mass is 16.3. The second-order valence-corrected chi connectivity index (χ2v) is 7.56. The van der Waals surface area contributed by atoms with Crippen molar-refractivity contribution in [3.63, 3.8) is 0 Å². The number of nitrogens with zero attached hydrogens (tertiary/aromatic N) is 5. The van der Waals surface area contributed by atoms with Crippen molar-refractivity contribution in [2.75, 3.05) is 31.6 Å². The van der Waals surface area contributed by atoms with Gasteiger partial charge in [0.2, 0.25) is 0 Å². The second kappa shape index (κ2) is 7.20. The van der Waals surface area contributed by atoms with Crippen molar-refractivity contribution in [3.8, 4) is 0 Å².